The first-order valence-corrected chi connectivity index (χ1v) is 6.33. The van der Waals surface area contributed by atoms with Crippen LogP contribution in [0.25, 0.3) is 0 Å². The average Bonchev–Trinajstić information content (AvgIpc) is 2.27. The number of ether oxygens (including phenoxy) is 1. The number of hydrogen-bond acceptors (Lipinski definition) is 2. The van der Waals surface area contributed by atoms with Gasteiger partial charge in [-0.3, -0.25) is 0 Å². The Labute approximate surface area is 112 Å². The third-order valence-corrected chi connectivity index (χ3v) is 2.90. The quantitative estimate of drug-likeness (QED) is 0.807. The predicted octanol–water partition coefficient (Wildman–Crippen LogP) is 3.81. The Hall–Kier alpha value is -0.590. The molecule has 2 N–H and O–H groups in total. The Morgan fingerprint density at radius 2 is 1.83 bits per heavy atom. The summed E-state index contributed by atoms with van der Waals surface area (Å²) < 4.78 is 40.9. The Morgan fingerprint density at radius 3 is 2.39 bits per heavy atom. The van der Waals surface area contributed by atoms with Gasteiger partial charge in [0.1, 0.15) is 6.61 Å². The molecule has 0 aliphatic carbocycles. The first kappa shape index (κ1) is 15.5. The molecule has 0 fully saturated rings. The molecule has 2 nitrogen and oxygen atoms in total. The second kappa shape index (κ2) is 7.11. The smallest absolute Gasteiger partial charge is 0.372 e. The third-order valence-electron chi connectivity index (χ3n) is 2.37. The molecular weight excluding hydrogens is 311 g/mol. The van der Waals surface area contributed by atoms with Crippen LogP contribution in [0.15, 0.2) is 28.7 Å². The Bertz CT molecular complexity index is 353. The highest BCUT2D eigenvalue weighted by atomic mass is 79.9. The molecule has 0 radical (unpaired) electrons. The molecule has 6 heteroatoms. The number of nitrogens with two attached hydrogens (primary N) is 1. The van der Waals surface area contributed by atoms with Crippen molar-refractivity contribution < 1.29 is 17.9 Å². The van der Waals surface area contributed by atoms with E-state index in [1.165, 1.54) is 0 Å². The Morgan fingerprint density at radius 1 is 1.22 bits per heavy atom. The molecule has 0 bridgehead atoms. The van der Waals surface area contributed by atoms with E-state index in [0.29, 0.717) is 12.8 Å². The molecule has 0 aliphatic heterocycles. The summed E-state index contributed by atoms with van der Waals surface area (Å²) in [6.45, 7) is -1.12. The summed E-state index contributed by atoms with van der Waals surface area (Å²) in [5.41, 5.74) is 6.89. The Balaban J connectivity index is 2.21. The van der Waals surface area contributed by atoms with Gasteiger partial charge in [0.15, 0.2) is 0 Å². The van der Waals surface area contributed by atoms with Gasteiger partial charge in [0, 0.05) is 17.1 Å². The van der Waals surface area contributed by atoms with Gasteiger partial charge in [0.05, 0.1) is 0 Å². The van der Waals surface area contributed by atoms with Crippen LogP contribution in [0.1, 0.15) is 24.4 Å². The number of benzene rings is 1. The highest BCUT2D eigenvalue weighted by molar-refractivity contribution is 9.10. The maximum Gasteiger partial charge on any atom is 0.411 e. The molecule has 1 aromatic rings. The van der Waals surface area contributed by atoms with Crippen molar-refractivity contribution in [1.29, 1.82) is 0 Å². The highest BCUT2D eigenvalue weighted by Crippen LogP contribution is 2.19. The van der Waals surface area contributed by atoms with E-state index in [9.17, 15) is 13.2 Å². The first-order valence-electron chi connectivity index (χ1n) is 5.54. The topological polar surface area (TPSA) is 35.2 Å². The fourth-order valence-electron chi connectivity index (χ4n) is 1.47. The lowest BCUT2D eigenvalue weighted by Gasteiger charge is -2.12. The van der Waals surface area contributed by atoms with E-state index in [4.69, 9.17) is 5.73 Å². The third kappa shape index (κ3) is 6.37. The zero-order valence-corrected chi connectivity index (χ0v) is 11.3. The van der Waals surface area contributed by atoms with Gasteiger partial charge >= 0.3 is 6.18 Å². The van der Waals surface area contributed by atoms with Crippen molar-refractivity contribution in [2.24, 2.45) is 5.73 Å². The molecule has 102 valence electrons. The maximum atomic E-state index is 11.8. The van der Waals surface area contributed by atoms with E-state index in [-0.39, 0.29) is 12.6 Å². The lowest BCUT2D eigenvalue weighted by molar-refractivity contribution is -0.174. The number of hydrogen-bond donors (Lipinski definition) is 1. The molecule has 1 rings (SSSR count). The number of rotatable bonds is 6. The fraction of sp³-hybridized carbons (Fsp3) is 0.500. The van der Waals surface area contributed by atoms with E-state index in [2.05, 4.69) is 20.7 Å². The number of halogens is 4. The van der Waals surface area contributed by atoms with Crippen LogP contribution in [-0.4, -0.2) is 19.4 Å². The highest BCUT2D eigenvalue weighted by Gasteiger charge is 2.27. The van der Waals surface area contributed by atoms with Gasteiger partial charge < -0.3 is 10.5 Å². The lowest BCUT2D eigenvalue weighted by atomic mass is 10.0. The van der Waals surface area contributed by atoms with Crippen LogP contribution in [0.3, 0.4) is 0 Å². The van der Waals surface area contributed by atoms with Crippen LogP contribution < -0.4 is 5.73 Å². The molecule has 1 aromatic carbocycles. The second-order valence-corrected chi connectivity index (χ2v) is 4.88. The Kier molecular flexibility index (Phi) is 6.11. The van der Waals surface area contributed by atoms with E-state index >= 15 is 0 Å². The molecular formula is C12H15BrF3NO. The molecule has 0 amide bonds. The molecule has 18 heavy (non-hydrogen) atoms. The van der Waals surface area contributed by atoms with E-state index in [1.807, 2.05) is 24.3 Å². The summed E-state index contributed by atoms with van der Waals surface area (Å²) in [6, 6.07) is 7.38. The molecule has 0 heterocycles. The predicted molar refractivity (Wildman–Crippen MR) is 67.2 cm³/mol. The van der Waals surface area contributed by atoms with Crippen molar-refractivity contribution in [1.82, 2.24) is 0 Å². The lowest BCUT2D eigenvalue weighted by Crippen LogP contribution is -2.18. The van der Waals surface area contributed by atoms with Gasteiger partial charge in [-0.15, -0.1) is 0 Å². The molecule has 1 unspecified atom stereocenters. The summed E-state index contributed by atoms with van der Waals surface area (Å²) in [4.78, 5) is 0. The van der Waals surface area contributed by atoms with Crippen LogP contribution >= 0.6 is 15.9 Å². The van der Waals surface area contributed by atoms with Crippen molar-refractivity contribution in [2.45, 2.75) is 25.1 Å². The summed E-state index contributed by atoms with van der Waals surface area (Å²) in [5, 5.41) is 0. The molecule has 1 atom stereocenters. The average molecular weight is 326 g/mol. The largest absolute Gasteiger partial charge is 0.411 e. The van der Waals surface area contributed by atoms with Crippen molar-refractivity contribution in [3.8, 4) is 0 Å². The van der Waals surface area contributed by atoms with Crippen LogP contribution in [0.4, 0.5) is 13.2 Å². The SMILES string of the molecule is NC(CCCOCC(F)(F)F)c1ccc(Br)cc1. The van der Waals surface area contributed by atoms with E-state index in [1.54, 1.807) is 0 Å². The number of alkyl halides is 3. The van der Waals surface area contributed by atoms with Gasteiger partial charge in [0.2, 0.25) is 0 Å². The van der Waals surface area contributed by atoms with Crippen molar-refractivity contribution in [3.05, 3.63) is 34.3 Å². The van der Waals surface area contributed by atoms with E-state index < -0.39 is 12.8 Å². The van der Waals surface area contributed by atoms with Gasteiger partial charge in [-0.1, -0.05) is 28.1 Å². The fourth-order valence-corrected chi connectivity index (χ4v) is 1.73. The van der Waals surface area contributed by atoms with Gasteiger partial charge in [0.25, 0.3) is 0 Å². The monoisotopic (exact) mass is 325 g/mol. The summed E-state index contributed by atoms with van der Waals surface area (Å²) in [7, 11) is 0. The minimum absolute atomic E-state index is 0.0732. The van der Waals surface area contributed by atoms with Gasteiger partial charge in [-0.2, -0.15) is 13.2 Å². The summed E-state index contributed by atoms with van der Waals surface area (Å²) in [5.74, 6) is 0. The molecule has 0 saturated heterocycles. The maximum absolute atomic E-state index is 11.8. The minimum atomic E-state index is -4.26. The van der Waals surface area contributed by atoms with Crippen LogP contribution in [-0.2, 0) is 4.74 Å². The molecule has 0 aromatic heterocycles. The zero-order valence-electron chi connectivity index (χ0n) is 9.71. The molecule has 0 spiro atoms. The first-order chi connectivity index (χ1) is 8.38. The minimum Gasteiger partial charge on any atom is -0.372 e. The normalized spacial score (nSPS) is 13.6. The van der Waals surface area contributed by atoms with Crippen molar-refractivity contribution in [3.63, 3.8) is 0 Å². The van der Waals surface area contributed by atoms with Crippen LogP contribution in [0.5, 0.6) is 0 Å². The van der Waals surface area contributed by atoms with E-state index in [0.717, 1.165) is 10.0 Å². The van der Waals surface area contributed by atoms with Crippen LogP contribution in [0, 0.1) is 0 Å². The molecule has 0 aliphatic rings. The van der Waals surface area contributed by atoms with Gasteiger partial charge in [-0.05, 0) is 30.5 Å². The summed E-state index contributed by atoms with van der Waals surface area (Å²) >= 11 is 3.32. The summed E-state index contributed by atoms with van der Waals surface area (Å²) in [6.07, 6.45) is -3.15. The zero-order chi connectivity index (χ0) is 13.6. The standard InChI is InChI=1S/C12H15BrF3NO/c13-10-5-3-9(4-6-10)11(17)2-1-7-18-8-12(14,15)16/h3-6,11H,1-2,7-8,17H2. The van der Waals surface area contributed by atoms with Gasteiger partial charge in [-0.25, -0.2) is 0 Å². The second-order valence-electron chi connectivity index (χ2n) is 3.97. The molecule has 0 saturated carbocycles. The van der Waals surface area contributed by atoms with Crippen molar-refractivity contribution in [2.75, 3.05) is 13.2 Å². The van der Waals surface area contributed by atoms with Crippen molar-refractivity contribution >= 4 is 15.9 Å². The van der Waals surface area contributed by atoms with Crippen LogP contribution in [0.2, 0.25) is 0 Å².